The predicted octanol–water partition coefficient (Wildman–Crippen LogP) is 2.31. The van der Waals surface area contributed by atoms with Gasteiger partial charge in [0.2, 0.25) is 10.0 Å². The summed E-state index contributed by atoms with van der Waals surface area (Å²) in [5.74, 6) is 0.278. The molecule has 1 fully saturated rings. The number of tetrazole rings is 1. The molecule has 10 heteroatoms. The minimum Gasteiger partial charge on any atom is -0.293 e. The SMILES string of the molecule is CC(c1nnnn1-c1ccccc1)N1CCC(NS(=O)(=O)c2ccc(F)cc2)CC1. The lowest BCUT2D eigenvalue weighted by molar-refractivity contribution is 0.152. The molecule has 1 N–H and O–H groups in total. The first-order chi connectivity index (χ1) is 14.4. The number of nitrogens with zero attached hydrogens (tertiary/aromatic N) is 5. The second-order valence-electron chi connectivity index (χ2n) is 7.35. The van der Waals surface area contributed by atoms with Gasteiger partial charge >= 0.3 is 0 Å². The number of nitrogens with one attached hydrogen (secondary N) is 1. The molecular weight excluding hydrogens is 407 g/mol. The minimum absolute atomic E-state index is 0.0186. The lowest BCUT2D eigenvalue weighted by Crippen LogP contribution is -2.45. The van der Waals surface area contributed by atoms with Crippen LogP contribution in [0.5, 0.6) is 0 Å². The molecule has 8 nitrogen and oxygen atoms in total. The summed E-state index contributed by atoms with van der Waals surface area (Å²) >= 11 is 0. The smallest absolute Gasteiger partial charge is 0.240 e. The Labute approximate surface area is 174 Å². The molecule has 0 bridgehead atoms. The van der Waals surface area contributed by atoms with E-state index >= 15 is 0 Å². The Bertz CT molecular complexity index is 1080. The van der Waals surface area contributed by atoms with Crippen molar-refractivity contribution in [2.24, 2.45) is 0 Å². The Kier molecular flexibility index (Phi) is 5.89. The highest BCUT2D eigenvalue weighted by Gasteiger charge is 2.29. The zero-order valence-corrected chi connectivity index (χ0v) is 17.3. The van der Waals surface area contributed by atoms with E-state index in [1.54, 1.807) is 4.68 Å². The summed E-state index contributed by atoms with van der Waals surface area (Å²) in [7, 11) is -3.67. The van der Waals surface area contributed by atoms with Crippen LogP contribution < -0.4 is 4.72 Å². The van der Waals surface area contributed by atoms with E-state index in [0.29, 0.717) is 25.9 Å². The second-order valence-corrected chi connectivity index (χ2v) is 9.06. The molecule has 0 spiro atoms. The average Bonchev–Trinajstić information content (AvgIpc) is 3.24. The molecule has 3 aromatic rings. The standard InChI is InChI=1S/C20H23FN6O2S/c1-15(20-22-24-25-27(20)18-5-3-2-4-6-18)26-13-11-17(12-14-26)23-30(28,29)19-9-7-16(21)8-10-19/h2-10,15,17,23H,11-14H2,1H3. The van der Waals surface area contributed by atoms with Gasteiger partial charge in [0.05, 0.1) is 16.6 Å². The van der Waals surface area contributed by atoms with Gasteiger partial charge in [-0.25, -0.2) is 17.5 Å². The fraction of sp³-hybridized carbons (Fsp3) is 0.350. The molecule has 158 valence electrons. The quantitative estimate of drug-likeness (QED) is 0.645. The molecule has 0 aliphatic carbocycles. The molecule has 2 aromatic carbocycles. The monoisotopic (exact) mass is 430 g/mol. The molecule has 1 atom stereocenters. The topological polar surface area (TPSA) is 93.0 Å². The van der Waals surface area contributed by atoms with Crippen molar-refractivity contribution < 1.29 is 12.8 Å². The highest BCUT2D eigenvalue weighted by atomic mass is 32.2. The van der Waals surface area contributed by atoms with Crippen LogP contribution in [-0.2, 0) is 10.0 Å². The van der Waals surface area contributed by atoms with E-state index in [-0.39, 0.29) is 17.0 Å². The van der Waals surface area contributed by atoms with E-state index < -0.39 is 15.8 Å². The summed E-state index contributed by atoms with van der Waals surface area (Å²) in [6.07, 6.45) is 1.33. The van der Waals surface area contributed by atoms with Crippen molar-refractivity contribution in [1.82, 2.24) is 29.8 Å². The molecule has 1 aromatic heterocycles. The molecule has 1 saturated heterocycles. The third kappa shape index (κ3) is 4.40. The number of likely N-dealkylation sites (tertiary alicyclic amines) is 1. The summed E-state index contributed by atoms with van der Waals surface area (Å²) in [4.78, 5) is 2.31. The second kappa shape index (κ2) is 8.58. The van der Waals surface area contributed by atoms with Gasteiger partial charge in [0.15, 0.2) is 5.82 Å². The van der Waals surface area contributed by atoms with E-state index in [2.05, 4.69) is 25.1 Å². The Morgan fingerprint density at radius 2 is 1.73 bits per heavy atom. The molecule has 2 heterocycles. The molecule has 30 heavy (non-hydrogen) atoms. The number of para-hydroxylation sites is 1. The first kappa shape index (κ1) is 20.6. The summed E-state index contributed by atoms with van der Waals surface area (Å²) in [6, 6.07) is 14.4. The zero-order chi connectivity index (χ0) is 21.1. The number of piperidine rings is 1. The maximum absolute atomic E-state index is 13.1. The highest BCUT2D eigenvalue weighted by Crippen LogP contribution is 2.24. The minimum atomic E-state index is -3.67. The summed E-state index contributed by atoms with van der Waals surface area (Å²) < 4.78 is 42.6. The number of hydrogen-bond donors (Lipinski definition) is 1. The van der Waals surface area contributed by atoms with Crippen LogP contribution in [0, 0.1) is 5.82 Å². The van der Waals surface area contributed by atoms with Crippen molar-refractivity contribution in [1.29, 1.82) is 0 Å². The van der Waals surface area contributed by atoms with Crippen LogP contribution in [0.3, 0.4) is 0 Å². The van der Waals surface area contributed by atoms with Gasteiger partial charge in [-0.15, -0.1) is 5.10 Å². The molecule has 1 aliphatic heterocycles. The van der Waals surface area contributed by atoms with Gasteiger partial charge in [0.25, 0.3) is 0 Å². The first-order valence-corrected chi connectivity index (χ1v) is 11.3. The van der Waals surface area contributed by atoms with Gasteiger partial charge < -0.3 is 0 Å². The molecule has 1 unspecified atom stereocenters. The van der Waals surface area contributed by atoms with Crippen LogP contribution >= 0.6 is 0 Å². The maximum Gasteiger partial charge on any atom is 0.240 e. The van der Waals surface area contributed by atoms with Crippen LogP contribution in [0.4, 0.5) is 4.39 Å². The Balaban J connectivity index is 1.39. The van der Waals surface area contributed by atoms with E-state index in [9.17, 15) is 12.8 Å². The third-order valence-electron chi connectivity index (χ3n) is 5.39. The predicted molar refractivity (Wildman–Crippen MR) is 109 cm³/mol. The van der Waals surface area contributed by atoms with Gasteiger partial charge in [0, 0.05) is 19.1 Å². The fourth-order valence-corrected chi connectivity index (χ4v) is 4.98. The molecule has 4 rings (SSSR count). The summed E-state index contributed by atoms with van der Waals surface area (Å²) in [6.45, 7) is 3.47. The normalized spacial score (nSPS) is 17.1. The van der Waals surface area contributed by atoms with Gasteiger partial charge in [-0.1, -0.05) is 18.2 Å². The van der Waals surface area contributed by atoms with Gasteiger partial charge in [-0.05, 0) is 66.6 Å². The molecule has 0 amide bonds. The van der Waals surface area contributed by atoms with Crippen molar-refractivity contribution in [3.63, 3.8) is 0 Å². The van der Waals surface area contributed by atoms with Gasteiger partial charge in [-0.3, -0.25) is 4.90 Å². The van der Waals surface area contributed by atoms with E-state index in [0.717, 1.165) is 23.6 Å². The van der Waals surface area contributed by atoms with Crippen LogP contribution in [0.1, 0.15) is 31.6 Å². The number of hydrogen-bond acceptors (Lipinski definition) is 6. The molecule has 1 aliphatic rings. The Hall–Kier alpha value is -2.69. The summed E-state index contributed by atoms with van der Waals surface area (Å²) in [5.41, 5.74) is 0.895. The highest BCUT2D eigenvalue weighted by molar-refractivity contribution is 7.89. The molecular formula is C20H23FN6O2S. The third-order valence-corrected chi connectivity index (χ3v) is 6.93. The Morgan fingerprint density at radius 3 is 2.40 bits per heavy atom. The van der Waals surface area contributed by atoms with Crippen molar-refractivity contribution in [3.05, 3.63) is 66.2 Å². The van der Waals surface area contributed by atoms with E-state index in [1.807, 2.05) is 37.3 Å². The summed E-state index contributed by atoms with van der Waals surface area (Å²) in [5, 5.41) is 12.2. The fourth-order valence-electron chi connectivity index (χ4n) is 3.68. The first-order valence-electron chi connectivity index (χ1n) is 9.80. The van der Waals surface area contributed by atoms with Crippen LogP contribution in [0.25, 0.3) is 5.69 Å². The lowest BCUT2D eigenvalue weighted by Gasteiger charge is -2.35. The van der Waals surface area contributed by atoms with Gasteiger partial charge in [0.1, 0.15) is 5.82 Å². The van der Waals surface area contributed by atoms with E-state index in [1.165, 1.54) is 12.1 Å². The number of halogens is 1. The number of benzene rings is 2. The number of rotatable bonds is 6. The van der Waals surface area contributed by atoms with Crippen molar-refractivity contribution in [3.8, 4) is 5.69 Å². The van der Waals surface area contributed by atoms with Gasteiger partial charge in [-0.2, -0.15) is 4.68 Å². The maximum atomic E-state index is 13.1. The van der Waals surface area contributed by atoms with E-state index in [4.69, 9.17) is 0 Å². The van der Waals surface area contributed by atoms with Crippen LogP contribution in [0.15, 0.2) is 59.5 Å². The number of aromatic nitrogens is 4. The van der Waals surface area contributed by atoms with Crippen LogP contribution in [0.2, 0.25) is 0 Å². The van der Waals surface area contributed by atoms with Crippen molar-refractivity contribution in [2.75, 3.05) is 13.1 Å². The number of sulfonamides is 1. The Morgan fingerprint density at radius 1 is 1.07 bits per heavy atom. The van der Waals surface area contributed by atoms with Crippen molar-refractivity contribution >= 4 is 10.0 Å². The van der Waals surface area contributed by atoms with Crippen LogP contribution in [-0.4, -0.2) is 52.7 Å². The average molecular weight is 431 g/mol. The van der Waals surface area contributed by atoms with Crippen molar-refractivity contribution in [2.45, 2.75) is 36.7 Å². The molecule has 0 saturated carbocycles. The molecule has 0 radical (unpaired) electrons. The zero-order valence-electron chi connectivity index (χ0n) is 16.5. The lowest BCUT2D eigenvalue weighted by atomic mass is 10.0. The largest absolute Gasteiger partial charge is 0.293 e.